The van der Waals surface area contributed by atoms with Crippen LogP contribution < -0.4 is 5.32 Å². The fourth-order valence-corrected chi connectivity index (χ4v) is 7.21. The number of rotatable bonds is 24. The van der Waals surface area contributed by atoms with Crippen molar-refractivity contribution >= 4 is 35.8 Å². The number of amides is 1. The highest BCUT2D eigenvalue weighted by Gasteiger charge is 2.36. The Labute approximate surface area is 276 Å². The van der Waals surface area contributed by atoms with E-state index >= 15 is 0 Å². The standard InChI is InChI=1S/C32H54N4O11/c37-26(38)19-34(20-27(39)40)15-17-36(18-16-35(21-28(41)42)22-29(43)44)25(32(46)47)13-7-8-14-33-31(45)30(23-9-3-1-4-10-23)24-11-5-2-6-12-24/h23-25,30H,1-22H2,(H,33,45)(H,37,38)(H,39,40)(H,41,42)(H,43,44)(H,46,47)/t25-/m0/s1. The van der Waals surface area contributed by atoms with Gasteiger partial charge in [-0.3, -0.25) is 43.5 Å². The zero-order valence-electron chi connectivity index (χ0n) is 27.4. The Balaban J connectivity index is 2.05. The van der Waals surface area contributed by atoms with E-state index in [0.29, 0.717) is 31.2 Å². The van der Waals surface area contributed by atoms with Crippen LogP contribution in [0.25, 0.3) is 0 Å². The number of carboxylic acids is 5. The molecule has 1 amide bonds. The molecule has 2 fully saturated rings. The molecule has 2 aliphatic rings. The zero-order chi connectivity index (χ0) is 34.8. The maximum absolute atomic E-state index is 13.5. The average Bonchev–Trinajstić information content (AvgIpc) is 2.99. The summed E-state index contributed by atoms with van der Waals surface area (Å²) in [5.74, 6) is -5.27. The summed E-state index contributed by atoms with van der Waals surface area (Å²) in [4.78, 5) is 74.8. The third kappa shape index (κ3) is 15.9. The number of carbonyl (C=O) groups is 6. The normalized spacial score (nSPS) is 16.9. The van der Waals surface area contributed by atoms with Gasteiger partial charge in [0.15, 0.2) is 0 Å². The Morgan fingerprint density at radius 2 is 0.979 bits per heavy atom. The van der Waals surface area contributed by atoms with Crippen LogP contribution in [0.15, 0.2) is 0 Å². The number of nitrogens with one attached hydrogen (secondary N) is 1. The Hall–Kier alpha value is -3.30. The van der Waals surface area contributed by atoms with Crippen LogP contribution in [0, 0.1) is 17.8 Å². The first-order chi connectivity index (χ1) is 22.4. The van der Waals surface area contributed by atoms with Gasteiger partial charge < -0.3 is 30.8 Å². The molecule has 2 aliphatic carbocycles. The molecule has 2 rings (SSSR count). The average molecular weight is 671 g/mol. The molecular formula is C32H54N4O11. The molecule has 0 saturated heterocycles. The van der Waals surface area contributed by atoms with Gasteiger partial charge in [0.05, 0.1) is 26.2 Å². The van der Waals surface area contributed by atoms with Crippen LogP contribution in [0.2, 0.25) is 0 Å². The van der Waals surface area contributed by atoms with Gasteiger partial charge in [0, 0.05) is 38.6 Å². The van der Waals surface area contributed by atoms with Crippen molar-refractivity contribution < 1.29 is 54.3 Å². The van der Waals surface area contributed by atoms with Crippen LogP contribution >= 0.6 is 0 Å². The molecule has 15 heteroatoms. The molecule has 0 aromatic heterocycles. The van der Waals surface area contributed by atoms with E-state index in [0.717, 1.165) is 61.2 Å². The molecular weight excluding hydrogens is 616 g/mol. The van der Waals surface area contributed by atoms with E-state index in [1.165, 1.54) is 17.7 Å². The second-order valence-electron chi connectivity index (χ2n) is 13.0. The minimum absolute atomic E-state index is 0.0111. The first-order valence-corrected chi connectivity index (χ1v) is 16.9. The fourth-order valence-electron chi connectivity index (χ4n) is 7.21. The monoisotopic (exact) mass is 670 g/mol. The van der Waals surface area contributed by atoms with Gasteiger partial charge in [0.1, 0.15) is 6.04 Å². The summed E-state index contributed by atoms with van der Waals surface area (Å²) in [7, 11) is 0. The SMILES string of the molecule is O=C(O)CN(CCN(CCN(CC(=O)O)CC(=O)O)[C@@H](CCCCNC(=O)C(C1CCCCC1)C1CCCCC1)C(=O)O)CC(=O)O. The van der Waals surface area contributed by atoms with Crippen molar-refractivity contribution in [1.29, 1.82) is 0 Å². The molecule has 0 aromatic rings. The summed E-state index contributed by atoms with van der Waals surface area (Å²) in [6.45, 7) is -2.21. The van der Waals surface area contributed by atoms with E-state index in [-0.39, 0.29) is 44.4 Å². The lowest BCUT2D eigenvalue weighted by atomic mass is 9.69. The third-order valence-corrected chi connectivity index (χ3v) is 9.39. The molecule has 0 unspecified atom stereocenters. The molecule has 47 heavy (non-hydrogen) atoms. The Kier molecular flexibility index (Phi) is 18.3. The molecule has 15 nitrogen and oxygen atoms in total. The fraction of sp³-hybridized carbons (Fsp3) is 0.812. The van der Waals surface area contributed by atoms with Crippen LogP contribution in [-0.4, -0.2) is 141 Å². The Morgan fingerprint density at radius 1 is 0.574 bits per heavy atom. The predicted molar refractivity (Wildman–Crippen MR) is 170 cm³/mol. The lowest BCUT2D eigenvalue weighted by molar-refractivity contribution is -0.146. The number of unbranched alkanes of at least 4 members (excludes halogenated alkanes) is 1. The highest BCUT2D eigenvalue weighted by Crippen LogP contribution is 2.40. The van der Waals surface area contributed by atoms with Gasteiger partial charge in [0.2, 0.25) is 5.91 Å². The van der Waals surface area contributed by atoms with E-state index in [2.05, 4.69) is 5.32 Å². The van der Waals surface area contributed by atoms with Crippen LogP contribution in [0.4, 0.5) is 0 Å². The van der Waals surface area contributed by atoms with E-state index in [1.54, 1.807) is 0 Å². The van der Waals surface area contributed by atoms with Gasteiger partial charge in [0.25, 0.3) is 0 Å². The molecule has 0 heterocycles. The van der Waals surface area contributed by atoms with Gasteiger partial charge in [-0.15, -0.1) is 0 Å². The summed E-state index contributed by atoms with van der Waals surface area (Å²) in [6, 6.07) is -1.09. The number of nitrogens with zero attached hydrogens (tertiary/aromatic N) is 3. The topological polar surface area (TPSA) is 225 Å². The molecule has 0 bridgehead atoms. The quantitative estimate of drug-likeness (QED) is 0.0805. The first-order valence-electron chi connectivity index (χ1n) is 16.9. The molecule has 0 spiro atoms. The van der Waals surface area contributed by atoms with Gasteiger partial charge in [-0.05, 0) is 56.8 Å². The van der Waals surface area contributed by atoms with Gasteiger partial charge in [-0.1, -0.05) is 38.5 Å². The predicted octanol–water partition coefficient (Wildman–Crippen LogP) is 1.75. The van der Waals surface area contributed by atoms with Crippen molar-refractivity contribution in [3.63, 3.8) is 0 Å². The van der Waals surface area contributed by atoms with Crippen LogP contribution in [0.5, 0.6) is 0 Å². The zero-order valence-corrected chi connectivity index (χ0v) is 27.4. The minimum Gasteiger partial charge on any atom is -0.480 e. The van der Waals surface area contributed by atoms with Crippen molar-refractivity contribution in [2.24, 2.45) is 17.8 Å². The number of hydrogen-bond donors (Lipinski definition) is 6. The van der Waals surface area contributed by atoms with Crippen LogP contribution in [0.1, 0.15) is 83.5 Å². The van der Waals surface area contributed by atoms with E-state index < -0.39 is 62.1 Å². The second-order valence-corrected chi connectivity index (χ2v) is 13.0. The van der Waals surface area contributed by atoms with Gasteiger partial charge in [-0.2, -0.15) is 0 Å². The maximum atomic E-state index is 13.5. The van der Waals surface area contributed by atoms with Crippen molar-refractivity contribution in [3.05, 3.63) is 0 Å². The summed E-state index contributed by atoms with van der Waals surface area (Å²) < 4.78 is 0. The van der Waals surface area contributed by atoms with Crippen molar-refractivity contribution in [2.45, 2.75) is 89.5 Å². The van der Waals surface area contributed by atoms with E-state index in [4.69, 9.17) is 0 Å². The van der Waals surface area contributed by atoms with Crippen LogP contribution in [-0.2, 0) is 28.8 Å². The van der Waals surface area contributed by atoms with Crippen molar-refractivity contribution in [3.8, 4) is 0 Å². The number of aliphatic carboxylic acids is 5. The highest BCUT2D eigenvalue weighted by atomic mass is 16.4. The van der Waals surface area contributed by atoms with Crippen LogP contribution in [0.3, 0.4) is 0 Å². The highest BCUT2D eigenvalue weighted by molar-refractivity contribution is 5.79. The molecule has 0 aromatic carbocycles. The minimum atomic E-state index is -1.25. The summed E-state index contributed by atoms with van der Waals surface area (Å²) in [5.41, 5.74) is 0. The molecule has 0 aliphatic heterocycles. The molecule has 2 saturated carbocycles. The molecule has 268 valence electrons. The van der Waals surface area contributed by atoms with Gasteiger partial charge >= 0.3 is 29.8 Å². The lowest BCUT2D eigenvalue weighted by Gasteiger charge is -2.36. The largest absolute Gasteiger partial charge is 0.480 e. The molecule has 6 N–H and O–H groups in total. The lowest BCUT2D eigenvalue weighted by Crippen LogP contribution is -2.50. The Morgan fingerprint density at radius 3 is 1.34 bits per heavy atom. The molecule has 1 atom stereocenters. The molecule has 0 radical (unpaired) electrons. The number of carbonyl (C=O) groups excluding carboxylic acids is 1. The van der Waals surface area contributed by atoms with E-state index in [9.17, 15) is 54.3 Å². The number of hydrogen-bond acceptors (Lipinski definition) is 9. The third-order valence-electron chi connectivity index (χ3n) is 9.39. The summed E-state index contributed by atoms with van der Waals surface area (Å²) in [6.07, 6.45) is 12.5. The smallest absolute Gasteiger partial charge is 0.320 e. The van der Waals surface area contributed by atoms with Crippen molar-refractivity contribution in [1.82, 2.24) is 20.0 Å². The van der Waals surface area contributed by atoms with Crippen molar-refractivity contribution in [2.75, 3.05) is 58.9 Å². The maximum Gasteiger partial charge on any atom is 0.320 e. The summed E-state index contributed by atoms with van der Waals surface area (Å²) >= 11 is 0. The van der Waals surface area contributed by atoms with Gasteiger partial charge in [-0.25, -0.2) is 0 Å². The number of carboxylic acid groups (broad SMARTS) is 5. The van der Waals surface area contributed by atoms with E-state index in [1.807, 2.05) is 0 Å². The first kappa shape index (κ1) is 39.9. The Bertz CT molecular complexity index is 941. The second kappa shape index (κ2) is 21.5. The summed E-state index contributed by atoms with van der Waals surface area (Å²) in [5, 5.41) is 50.1.